The van der Waals surface area contributed by atoms with Crippen LogP contribution in [-0.4, -0.2) is 73.9 Å². The number of nitrogens with two attached hydrogens (primary N) is 1. The van der Waals surface area contributed by atoms with E-state index in [1.54, 1.807) is 13.2 Å². The molecule has 2 heterocycles. The van der Waals surface area contributed by atoms with Crippen molar-refractivity contribution in [2.45, 2.75) is 24.5 Å². The Morgan fingerprint density at radius 1 is 1.09 bits per heavy atom. The number of benzene rings is 2. The lowest BCUT2D eigenvalue weighted by Gasteiger charge is -2.46. The van der Waals surface area contributed by atoms with Gasteiger partial charge in [-0.05, 0) is 55.3 Å². The first-order chi connectivity index (χ1) is 15.4. The van der Waals surface area contributed by atoms with Gasteiger partial charge in [0.05, 0.1) is 12.7 Å². The summed E-state index contributed by atoms with van der Waals surface area (Å²) in [5, 5.41) is 11.3. The van der Waals surface area contributed by atoms with Crippen LogP contribution in [-0.2, 0) is 4.79 Å². The van der Waals surface area contributed by atoms with Crippen molar-refractivity contribution in [2.75, 3.05) is 56.2 Å². The molecule has 1 unspecified atom stereocenters. The molecule has 3 N–H and O–H groups in total. The molecule has 1 amide bonds. The van der Waals surface area contributed by atoms with Gasteiger partial charge < -0.3 is 25.4 Å². The lowest BCUT2D eigenvalue weighted by atomic mass is 9.89. The van der Waals surface area contributed by atoms with Crippen molar-refractivity contribution in [3.63, 3.8) is 0 Å². The second kappa shape index (κ2) is 9.34. The van der Waals surface area contributed by atoms with E-state index in [9.17, 15) is 14.3 Å². The third-order valence-electron chi connectivity index (χ3n) is 6.62. The zero-order valence-electron chi connectivity index (χ0n) is 18.4. The van der Waals surface area contributed by atoms with Gasteiger partial charge in [-0.2, -0.15) is 0 Å². The summed E-state index contributed by atoms with van der Waals surface area (Å²) in [5.74, 6) is 0.136. The first-order valence-corrected chi connectivity index (χ1v) is 11.0. The molecular weight excluding hydrogens is 411 g/mol. The average molecular weight is 443 g/mol. The predicted molar refractivity (Wildman–Crippen MR) is 123 cm³/mol. The molecule has 2 aromatic rings. The Balaban J connectivity index is 1.38. The van der Waals surface area contributed by atoms with Gasteiger partial charge >= 0.3 is 0 Å². The van der Waals surface area contributed by atoms with Crippen LogP contribution in [0.4, 0.5) is 15.8 Å². The summed E-state index contributed by atoms with van der Waals surface area (Å²) in [6, 6.07) is 13.8. The second-order valence-electron chi connectivity index (χ2n) is 8.72. The number of nitrogens with zero attached hydrogens (tertiary/aromatic N) is 3. The van der Waals surface area contributed by atoms with Gasteiger partial charge in [0.1, 0.15) is 17.6 Å². The summed E-state index contributed by atoms with van der Waals surface area (Å²) >= 11 is 0. The van der Waals surface area contributed by atoms with Crippen LogP contribution in [0.15, 0.2) is 48.5 Å². The maximum atomic E-state index is 13.6. The van der Waals surface area contributed by atoms with Gasteiger partial charge in [0.25, 0.3) is 0 Å². The number of piperidine rings is 1. The Kier molecular flexibility index (Phi) is 6.53. The molecule has 0 radical (unpaired) electrons. The van der Waals surface area contributed by atoms with Crippen LogP contribution in [0.5, 0.6) is 5.75 Å². The number of piperazine rings is 1. The maximum Gasteiger partial charge on any atom is 0.236 e. The van der Waals surface area contributed by atoms with Crippen LogP contribution >= 0.6 is 0 Å². The Hall–Kier alpha value is -2.84. The van der Waals surface area contributed by atoms with Crippen molar-refractivity contribution in [2.24, 2.45) is 5.73 Å². The van der Waals surface area contributed by atoms with Crippen LogP contribution in [0.25, 0.3) is 0 Å². The van der Waals surface area contributed by atoms with Crippen molar-refractivity contribution in [3.8, 4) is 5.75 Å². The highest BCUT2D eigenvalue weighted by Crippen LogP contribution is 2.29. The molecule has 172 valence electrons. The topological polar surface area (TPSA) is 82.3 Å². The lowest BCUT2D eigenvalue weighted by molar-refractivity contribution is -0.125. The number of carbonyl (C=O) groups is 1. The third-order valence-corrected chi connectivity index (χ3v) is 6.62. The van der Waals surface area contributed by atoms with E-state index in [0.29, 0.717) is 45.6 Å². The monoisotopic (exact) mass is 442 g/mol. The number of hydrogen-bond donors (Lipinski definition) is 2. The zero-order valence-corrected chi connectivity index (χ0v) is 18.4. The number of amides is 1. The van der Waals surface area contributed by atoms with E-state index in [1.165, 1.54) is 12.1 Å². The molecule has 2 aliphatic rings. The van der Waals surface area contributed by atoms with Crippen molar-refractivity contribution < 1.29 is 19.0 Å². The summed E-state index contributed by atoms with van der Waals surface area (Å²) < 4.78 is 18.8. The summed E-state index contributed by atoms with van der Waals surface area (Å²) in [6.07, 6.45) is 1.10. The summed E-state index contributed by atoms with van der Waals surface area (Å²) in [4.78, 5) is 18.5. The van der Waals surface area contributed by atoms with E-state index in [0.717, 1.165) is 23.7 Å². The zero-order chi connectivity index (χ0) is 22.7. The fraction of sp³-hybridized carbons (Fsp3) is 0.458. The minimum Gasteiger partial charge on any atom is -0.497 e. The second-order valence-corrected chi connectivity index (χ2v) is 8.72. The quantitative estimate of drug-likeness (QED) is 0.711. The highest BCUT2D eigenvalue weighted by atomic mass is 19.1. The van der Waals surface area contributed by atoms with Gasteiger partial charge in [-0.3, -0.25) is 9.69 Å². The fourth-order valence-corrected chi connectivity index (χ4v) is 4.70. The molecule has 2 aromatic carbocycles. The normalized spacial score (nSPS) is 21.4. The number of primary amides is 1. The van der Waals surface area contributed by atoms with E-state index >= 15 is 0 Å². The smallest absolute Gasteiger partial charge is 0.236 e. The van der Waals surface area contributed by atoms with Crippen LogP contribution in [0.2, 0.25) is 0 Å². The van der Waals surface area contributed by atoms with Gasteiger partial charge in [-0.25, -0.2) is 4.39 Å². The molecule has 2 fully saturated rings. The van der Waals surface area contributed by atoms with E-state index in [2.05, 4.69) is 9.80 Å². The number of carbonyl (C=O) groups excluding carboxylic acids is 1. The largest absolute Gasteiger partial charge is 0.497 e. The van der Waals surface area contributed by atoms with E-state index < -0.39 is 11.6 Å². The van der Waals surface area contributed by atoms with Crippen molar-refractivity contribution in [1.29, 1.82) is 0 Å². The Bertz CT molecular complexity index is 931. The molecule has 2 saturated heterocycles. The molecule has 0 aromatic heterocycles. The van der Waals surface area contributed by atoms with Gasteiger partial charge in [0, 0.05) is 50.6 Å². The first kappa shape index (κ1) is 22.4. The molecule has 0 saturated carbocycles. The molecular formula is C24H31FN4O3. The highest BCUT2D eigenvalue weighted by Gasteiger charge is 2.39. The van der Waals surface area contributed by atoms with E-state index in [4.69, 9.17) is 10.5 Å². The fourth-order valence-electron chi connectivity index (χ4n) is 4.70. The molecule has 8 heteroatoms. The number of hydrogen-bond acceptors (Lipinski definition) is 6. The number of rotatable bonds is 6. The first-order valence-electron chi connectivity index (χ1n) is 11.0. The molecule has 32 heavy (non-hydrogen) atoms. The standard InChI is InChI=1S/C24H31FN4O3/c1-32-21-7-5-19(6-8-21)28-13-14-29(22(16-28)23(26)30)17-24(31)9-11-27(12-10-24)20-4-2-3-18(25)15-20/h2-8,15,22,31H,9-14,16-17H2,1H3,(H2,26,30). The molecule has 4 rings (SSSR count). The Morgan fingerprint density at radius 3 is 2.44 bits per heavy atom. The van der Waals surface area contributed by atoms with Gasteiger partial charge in [-0.1, -0.05) is 6.07 Å². The highest BCUT2D eigenvalue weighted by molar-refractivity contribution is 5.81. The Labute approximate surface area is 188 Å². The van der Waals surface area contributed by atoms with Crippen LogP contribution in [0, 0.1) is 5.82 Å². The average Bonchev–Trinajstić information content (AvgIpc) is 2.79. The number of aliphatic hydroxyl groups is 1. The Morgan fingerprint density at radius 2 is 1.81 bits per heavy atom. The molecule has 7 nitrogen and oxygen atoms in total. The lowest BCUT2D eigenvalue weighted by Crippen LogP contribution is -2.62. The number of β-amino-alcohol motifs (C(OH)–C–C–N with tert-alkyl or cyclic N) is 1. The van der Waals surface area contributed by atoms with Crippen LogP contribution in [0.3, 0.4) is 0 Å². The molecule has 1 atom stereocenters. The molecule has 0 spiro atoms. The van der Waals surface area contributed by atoms with E-state index in [1.807, 2.05) is 35.2 Å². The summed E-state index contributed by atoms with van der Waals surface area (Å²) in [5.41, 5.74) is 6.69. The maximum absolute atomic E-state index is 13.6. The summed E-state index contributed by atoms with van der Waals surface area (Å²) in [6.45, 7) is 3.51. The van der Waals surface area contributed by atoms with Crippen molar-refractivity contribution in [1.82, 2.24) is 4.90 Å². The number of anilines is 2. The minimum absolute atomic E-state index is 0.262. The van der Waals surface area contributed by atoms with Crippen LogP contribution in [0.1, 0.15) is 12.8 Å². The molecule has 0 aliphatic carbocycles. The van der Waals surface area contributed by atoms with Gasteiger partial charge in [0.15, 0.2) is 0 Å². The number of methoxy groups -OCH3 is 1. The van der Waals surface area contributed by atoms with E-state index in [-0.39, 0.29) is 11.7 Å². The predicted octanol–water partition coefficient (Wildman–Crippen LogP) is 1.84. The van der Waals surface area contributed by atoms with Crippen LogP contribution < -0.4 is 20.3 Å². The van der Waals surface area contributed by atoms with Crippen molar-refractivity contribution in [3.05, 3.63) is 54.3 Å². The van der Waals surface area contributed by atoms with Gasteiger partial charge in [-0.15, -0.1) is 0 Å². The molecule has 0 bridgehead atoms. The summed E-state index contributed by atoms with van der Waals surface area (Å²) in [7, 11) is 1.63. The number of ether oxygens (including phenoxy) is 1. The van der Waals surface area contributed by atoms with Crippen molar-refractivity contribution >= 4 is 17.3 Å². The SMILES string of the molecule is COc1ccc(N2CCN(CC3(O)CCN(c4cccc(F)c4)CC3)C(C(N)=O)C2)cc1. The minimum atomic E-state index is -0.903. The number of halogens is 1. The third kappa shape index (κ3) is 4.97. The van der Waals surface area contributed by atoms with Gasteiger partial charge in [0.2, 0.25) is 5.91 Å². The molecule has 2 aliphatic heterocycles.